The van der Waals surface area contributed by atoms with Crippen molar-refractivity contribution >= 4 is 28.4 Å². The predicted molar refractivity (Wildman–Crippen MR) is 145 cm³/mol. The van der Waals surface area contributed by atoms with E-state index >= 15 is 0 Å². The Labute approximate surface area is 221 Å². The fourth-order valence-corrected chi connectivity index (χ4v) is 5.72. The molecule has 0 radical (unpaired) electrons. The van der Waals surface area contributed by atoms with Gasteiger partial charge < -0.3 is 33.3 Å². The monoisotopic (exact) mass is 519 g/mol. The molecule has 3 saturated heterocycles. The molecule has 3 aliphatic rings. The molecule has 0 aliphatic carbocycles. The number of anilines is 2. The topological polar surface area (TPSA) is 84.7 Å². The fraction of sp³-hybridized carbons (Fsp3) is 0.448. The molecule has 4 heterocycles. The van der Waals surface area contributed by atoms with Crippen molar-refractivity contribution in [3.63, 3.8) is 0 Å². The Morgan fingerprint density at radius 3 is 2.47 bits per heavy atom. The van der Waals surface area contributed by atoms with Gasteiger partial charge in [0.2, 0.25) is 0 Å². The summed E-state index contributed by atoms with van der Waals surface area (Å²) in [6.07, 6.45) is 1.87. The molecule has 9 heteroatoms. The van der Waals surface area contributed by atoms with Gasteiger partial charge >= 0.3 is 0 Å². The van der Waals surface area contributed by atoms with Crippen LogP contribution in [0.1, 0.15) is 34.8 Å². The lowest BCUT2D eigenvalue weighted by Crippen LogP contribution is -2.40. The Balaban J connectivity index is 1.48. The highest BCUT2D eigenvalue weighted by molar-refractivity contribution is 5.99. The lowest BCUT2D eigenvalue weighted by Gasteiger charge is -2.30. The number of hydrogen-bond acceptors (Lipinski definition) is 8. The second-order valence-corrected chi connectivity index (χ2v) is 9.95. The lowest BCUT2D eigenvalue weighted by atomic mass is 9.97. The van der Waals surface area contributed by atoms with Gasteiger partial charge in [0.25, 0.3) is 5.91 Å². The molecule has 2 aromatic carbocycles. The molecule has 0 N–H and O–H groups in total. The first kappa shape index (κ1) is 24.8. The van der Waals surface area contributed by atoms with Crippen LogP contribution in [0.5, 0.6) is 5.75 Å². The van der Waals surface area contributed by atoms with Gasteiger partial charge in [-0.05, 0) is 37.1 Å². The van der Waals surface area contributed by atoms with E-state index in [2.05, 4.69) is 15.9 Å². The number of hydrogen-bond donors (Lipinski definition) is 0. The highest BCUT2D eigenvalue weighted by atomic mass is 16.5. The van der Waals surface area contributed by atoms with Gasteiger partial charge in [-0.3, -0.25) is 9.59 Å². The van der Waals surface area contributed by atoms with Crippen LogP contribution in [-0.4, -0.2) is 77.1 Å². The minimum atomic E-state index is -0.142. The third kappa shape index (κ3) is 4.72. The molecule has 1 aromatic heterocycles. The molecule has 1 amide bonds. The first-order valence-electron chi connectivity index (χ1n) is 13.3. The van der Waals surface area contributed by atoms with E-state index in [9.17, 15) is 9.59 Å². The third-order valence-electron chi connectivity index (χ3n) is 7.71. The van der Waals surface area contributed by atoms with Crippen molar-refractivity contribution in [3.05, 3.63) is 63.8 Å². The Morgan fingerprint density at radius 2 is 1.71 bits per heavy atom. The van der Waals surface area contributed by atoms with Gasteiger partial charge in [0.05, 0.1) is 45.0 Å². The van der Waals surface area contributed by atoms with E-state index in [1.165, 1.54) is 0 Å². The summed E-state index contributed by atoms with van der Waals surface area (Å²) in [5, 5.41) is 0.439. The fourth-order valence-electron chi connectivity index (χ4n) is 5.72. The van der Waals surface area contributed by atoms with E-state index in [1.807, 2.05) is 24.3 Å². The molecule has 0 bridgehead atoms. The molecule has 0 saturated carbocycles. The van der Waals surface area contributed by atoms with Crippen LogP contribution < -0.4 is 20.0 Å². The summed E-state index contributed by atoms with van der Waals surface area (Å²) >= 11 is 0. The summed E-state index contributed by atoms with van der Waals surface area (Å²) in [5.74, 6) is 1.25. The number of carbonyl (C=O) groups is 1. The summed E-state index contributed by atoms with van der Waals surface area (Å²) in [7, 11) is 1.66. The van der Waals surface area contributed by atoms with Crippen LogP contribution in [0.25, 0.3) is 11.0 Å². The minimum absolute atomic E-state index is 0.0508. The molecule has 1 atom stereocenters. The predicted octanol–water partition coefficient (Wildman–Crippen LogP) is 3.45. The van der Waals surface area contributed by atoms with Crippen molar-refractivity contribution in [2.45, 2.75) is 18.9 Å². The van der Waals surface area contributed by atoms with Crippen molar-refractivity contribution in [1.82, 2.24) is 4.90 Å². The Morgan fingerprint density at radius 1 is 0.947 bits per heavy atom. The summed E-state index contributed by atoms with van der Waals surface area (Å²) in [6.45, 7) is 5.47. The van der Waals surface area contributed by atoms with Crippen LogP contribution >= 0.6 is 0 Å². The zero-order chi connectivity index (χ0) is 26.1. The Kier molecular flexibility index (Phi) is 6.95. The number of carbonyl (C=O) groups excluding carboxylic acids is 1. The maximum atomic E-state index is 13.6. The van der Waals surface area contributed by atoms with Crippen molar-refractivity contribution in [3.8, 4) is 5.75 Å². The molecule has 3 aliphatic heterocycles. The maximum absolute atomic E-state index is 13.6. The van der Waals surface area contributed by atoms with Gasteiger partial charge in [-0.15, -0.1) is 0 Å². The molecular weight excluding hydrogens is 486 g/mol. The molecule has 200 valence electrons. The van der Waals surface area contributed by atoms with E-state index in [1.54, 1.807) is 24.1 Å². The van der Waals surface area contributed by atoms with Gasteiger partial charge in [-0.2, -0.15) is 0 Å². The highest BCUT2D eigenvalue weighted by Gasteiger charge is 2.31. The number of benzene rings is 2. The molecule has 3 fully saturated rings. The van der Waals surface area contributed by atoms with Crippen LogP contribution in [-0.2, 0) is 9.47 Å². The second kappa shape index (κ2) is 10.7. The zero-order valence-corrected chi connectivity index (χ0v) is 21.7. The number of methoxy groups -OCH3 is 1. The van der Waals surface area contributed by atoms with Crippen LogP contribution in [0.2, 0.25) is 0 Å². The minimum Gasteiger partial charge on any atom is -0.497 e. The second-order valence-electron chi connectivity index (χ2n) is 9.95. The number of fused-ring (bicyclic) bond motifs is 1. The van der Waals surface area contributed by atoms with Crippen LogP contribution in [0, 0.1) is 0 Å². The van der Waals surface area contributed by atoms with E-state index in [0.29, 0.717) is 75.0 Å². The average molecular weight is 520 g/mol. The van der Waals surface area contributed by atoms with E-state index in [4.69, 9.17) is 18.6 Å². The summed E-state index contributed by atoms with van der Waals surface area (Å²) in [6, 6.07) is 13.2. The van der Waals surface area contributed by atoms with Crippen molar-refractivity contribution in [2.75, 3.05) is 76.1 Å². The maximum Gasteiger partial charge on any atom is 0.254 e. The van der Waals surface area contributed by atoms with Gasteiger partial charge in [0.1, 0.15) is 11.3 Å². The number of rotatable bonds is 5. The van der Waals surface area contributed by atoms with Gasteiger partial charge in [0, 0.05) is 61.7 Å². The summed E-state index contributed by atoms with van der Waals surface area (Å²) in [4.78, 5) is 33.2. The first-order valence-corrected chi connectivity index (χ1v) is 13.3. The largest absolute Gasteiger partial charge is 0.497 e. The van der Waals surface area contributed by atoms with Crippen molar-refractivity contribution in [2.24, 2.45) is 0 Å². The van der Waals surface area contributed by atoms with E-state index < -0.39 is 0 Å². The number of amides is 1. The molecule has 6 rings (SSSR count). The molecule has 1 unspecified atom stereocenters. The van der Waals surface area contributed by atoms with Gasteiger partial charge in [-0.1, -0.05) is 6.07 Å². The summed E-state index contributed by atoms with van der Waals surface area (Å²) < 4.78 is 22.9. The lowest BCUT2D eigenvalue weighted by molar-refractivity contribution is 0.0303. The molecule has 0 spiro atoms. The number of nitrogens with zero attached hydrogens (tertiary/aromatic N) is 3. The van der Waals surface area contributed by atoms with Crippen LogP contribution in [0.15, 0.2) is 51.7 Å². The molecule has 3 aromatic rings. The van der Waals surface area contributed by atoms with Crippen LogP contribution in [0.4, 0.5) is 11.6 Å². The number of ether oxygens (including phenoxy) is 3. The SMILES string of the molecule is COc1cccc(N2CCCC2c2cc(C(=O)N3CCOCC3)cc3c(=O)cc(N4CCOCC4)oc23)c1. The Bertz CT molecular complexity index is 1380. The van der Waals surface area contributed by atoms with Gasteiger partial charge in [0.15, 0.2) is 11.3 Å². The Hall–Kier alpha value is -3.56. The van der Waals surface area contributed by atoms with Crippen molar-refractivity contribution in [1.29, 1.82) is 0 Å². The number of morpholine rings is 2. The quantitative estimate of drug-likeness (QED) is 0.507. The molecular formula is C29H33N3O6. The van der Waals surface area contributed by atoms with E-state index in [-0.39, 0.29) is 17.4 Å². The van der Waals surface area contributed by atoms with Crippen LogP contribution in [0.3, 0.4) is 0 Å². The smallest absolute Gasteiger partial charge is 0.254 e. The third-order valence-corrected chi connectivity index (χ3v) is 7.71. The van der Waals surface area contributed by atoms with E-state index in [0.717, 1.165) is 36.4 Å². The highest BCUT2D eigenvalue weighted by Crippen LogP contribution is 2.41. The van der Waals surface area contributed by atoms with Crippen molar-refractivity contribution < 1.29 is 23.4 Å². The normalized spacial score (nSPS) is 20.2. The molecule has 9 nitrogen and oxygen atoms in total. The standard InChI is InChI=1S/C29H33N3O6/c1-35-22-5-2-4-21(18-22)32-7-3-6-25(32)23-16-20(29(34)31-10-14-37-15-11-31)17-24-26(33)19-27(38-28(23)24)30-8-12-36-13-9-30/h2,4-5,16-19,25H,3,6-15H2,1H3. The zero-order valence-electron chi connectivity index (χ0n) is 21.7. The average Bonchev–Trinajstić information content (AvgIpc) is 3.47. The summed E-state index contributed by atoms with van der Waals surface area (Å²) in [5.41, 5.74) is 2.83. The first-order chi connectivity index (χ1) is 18.6. The van der Waals surface area contributed by atoms with Gasteiger partial charge in [-0.25, -0.2) is 0 Å². The molecule has 38 heavy (non-hydrogen) atoms.